The quantitative estimate of drug-likeness (QED) is 0.486. The van der Waals surface area contributed by atoms with Gasteiger partial charge in [0.1, 0.15) is 0 Å². The van der Waals surface area contributed by atoms with Crippen molar-refractivity contribution in [1.82, 2.24) is 0 Å². The Kier molecular flexibility index (Phi) is 2.52. The van der Waals surface area contributed by atoms with Crippen molar-refractivity contribution in [3.63, 3.8) is 0 Å². The van der Waals surface area contributed by atoms with Gasteiger partial charge in [0, 0.05) is 5.92 Å². The van der Waals surface area contributed by atoms with Crippen molar-refractivity contribution in [2.75, 3.05) is 0 Å². The summed E-state index contributed by atoms with van der Waals surface area (Å²) in [6, 6.07) is 0. The van der Waals surface area contributed by atoms with E-state index in [9.17, 15) is 26.0 Å². The van der Waals surface area contributed by atoms with Gasteiger partial charge >= 0.3 is 21.3 Å². The molecule has 124 valence electrons. The number of allylic oxidation sites excluding steroid dienone is 2. The van der Waals surface area contributed by atoms with Crippen molar-refractivity contribution in [3.05, 3.63) is 12.2 Å². The minimum absolute atomic E-state index is 0.0701. The molecule has 0 amide bonds. The maximum Gasteiger partial charge on any atom is 0.431 e. The minimum atomic E-state index is -6.15. The van der Waals surface area contributed by atoms with Gasteiger partial charge in [-0.15, -0.1) is 0 Å². The van der Waals surface area contributed by atoms with Crippen LogP contribution in [-0.4, -0.2) is 24.1 Å². The van der Waals surface area contributed by atoms with Crippen molar-refractivity contribution >= 4 is 10.1 Å². The molecule has 0 aromatic carbocycles. The van der Waals surface area contributed by atoms with E-state index >= 15 is 0 Å². The molecule has 0 radical (unpaired) electrons. The molecule has 0 aromatic rings. The third-order valence-corrected chi connectivity index (χ3v) is 7.54. The Morgan fingerprint density at radius 1 is 1.00 bits per heavy atom. The average Bonchev–Trinajstić information content (AvgIpc) is 3.05. The van der Waals surface area contributed by atoms with E-state index in [1.807, 2.05) is 6.08 Å². The normalized spacial score (nSPS) is 46.5. The molecule has 6 aliphatic carbocycles. The molecule has 3 atom stereocenters. The van der Waals surface area contributed by atoms with Crippen molar-refractivity contribution < 1.29 is 30.5 Å². The summed E-state index contributed by atoms with van der Waals surface area (Å²) in [7, 11) is -6.15. The Bertz CT molecular complexity index is 664. The summed E-state index contributed by atoms with van der Waals surface area (Å²) in [6.07, 6.45) is 6.21. The van der Waals surface area contributed by atoms with E-state index < -0.39 is 27.2 Å². The van der Waals surface area contributed by atoms with E-state index in [1.165, 1.54) is 0 Å². The summed E-state index contributed by atoms with van der Waals surface area (Å²) in [5, 5.41) is -5.44. The highest BCUT2D eigenvalue weighted by Crippen LogP contribution is 2.81. The first kappa shape index (κ1) is 14.9. The zero-order chi connectivity index (χ0) is 16.2. The lowest BCUT2D eigenvalue weighted by molar-refractivity contribution is -0.204. The number of hydrogen-bond acceptors (Lipinski definition) is 2. The Balaban J connectivity index is 1.62. The molecule has 3 nitrogen and oxygen atoms in total. The number of alkyl halides is 4. The second kappa shape index (κ2) is 3.71. The van der Waals surface area contributed by atoms with E-state index in [4.69, 9.17) is 4.55 Å². The van der Waals surface area contributed by atoms with Gasteiger partial charge in [-0.1, -0.05) is 12.2 Å². The van der Waals surface area contributed by atoms with Crippen LogP contribution in [0.1, 0.15) is 32.1 Å². The first-order valence-electron chi connectivity index (χ1n) is 7.38. The van der Waals surface area contributed by atoms with E-state index in [-0.39, 0.29) is 35.5 Å². The average molecular weight is 340 g/mol. The zero-order valence-electron chi connectivity index (χ0n) is 11.6. The first-order chi connectivity index (χ1) is 9.95. The van der Waals surface area contributed by atoms with Crippen LogP contribution in [0, 0.1) is 28.6 Å². The molecule has 0 aromatic heterocycles. The summed E-state index contributed by atoms with van der Waals surface area (Å²) in [5.74, 6) is -6.29. The van der Waals surface area contributed by atoms with Crippen molar-refractivity contribution in [2.24, 2.45) is 28.6 Å². The predicted molar refractivity (Wildman–Crippen MR) is 69.0 cm³/mol. The SMILES string of the molecule is O=S(=O)(O)C(F)(F)C(F)(F)C1CCC2C(C1)C13C=CC2(C1)C3. The zero-order valence-corrected chi connectivity index (χ0v) is 12.4. The van der Waals surface area contributed by atoms with E-state index in [0.717, 1.165) is 12.8 Å². The third kappa shape index (κ3) is 1.44. The van der Waals surface area contributed by atoms with Crippen LogP contribution in [0.3, 0.4) is 0 Å². The first-order valence-corrected chi connectivity index (χ1v) is 8.82. The molecule has 2 bridgehead atoms. The van der Waals surface area contributed by atoms with Crippen LogP contribution < -0.4 is 0 Å². The van der Waals surface area contributed by atoms with E-state index in [1.54, 1.807) is 0 Å². The molecule has 0 spiro atoms. The molecule has 6 rings (SSSR count). The van der Waals surface area contributed by atoms with Gasteiger partial charge in [0.15, 0.2) is 0 Å². The van der Waals surface area contributed by atoms with Crippen LogP contribution in [0.15, 0.2) is 12.2 Å². The Morgan fingerprint density at radius 2 is 1.55 bits per heavy atom. The van der Waals surface area contributed by atoms with Gasteiger partial charge < -0.3 is 0 Å². The summed E-state index contributed by atoms with van der Waals surface area (Å²) < 4.78 is 85.1. The largest absolute Gasteiger partial charge is 0.431 e. The van der Waals surface area contributed by atoms with Gasteiger partial charge in [0.05, 0.1) is 0 Å². The summed E-state index contributed by atoms with van der Waals surface area (Å²) in [5.41, 5.74) is -0.0523. The minimum Gasteiger partial charge on any atom is -0.281 e. The number of hydrogen-bond donors (Lipinski definition) is 1. The lowest BCUT2D eigenvalue weighted by atomic mass is 9.65. The monoisotopic (exact) mass is 340 g/mol. The van der Waals surface area contributed by atoms with E-state index in [2.05, 4.69) is 6.08 Å². The molecule has 22 heavy (non-hydrogen) atoms. The van der Waals surface area contributed by atoms with Gasteiger partial charge in [0.2, 0.25) is 0 Å². The van der Waals surface area contributed by atoms with Gasteiger partial charge in [-0.2, -0.15) is 26.0 Å². The fourth-order valence-electron chi connectivity index (χ4n) is 5.75. The maximum atomic E-state index is 14.1. The van der Waals surface area contributed by atoms with Crippen LogP contribution in [0.25, 0.3) is 0 Å². The molecule has 0 heterocycles. The molecule has 1 N–H and O–H groups in total. The number of halogens is 4. The smallest absolute Gasteiger partial charge is 0.281 e. The fourth-order valence-corrected chi connectivity index (χ4v) is 6.26. The molecular weight excluding hydrogens is 324 g/mol. The molecular formula is C14H16F4O3S. The van der Waals surface area contributed by atoms with Crippen molar-refractivity contribution in [3.8, 4) is 0 Å². The summed E-state index contributed by atoms with van der Waals surface area (Å²) in [6.45, 7) is 0. The molecule has 8 heteroatoms. The molecule has 0 saturated heterocycles. The predicted octanol–water partition coefficient (Wildman–Crippen LogP) is 3.48. The maximum absolute atomic E-state index is 14.1. The second-order valence-corrected chi connectivity index (χ2v) is 8.95. The highest BCUT2D eigenvalue weighted by atomic mass is 32.2. The third-order valence-electron chi connectivity index (χ3n) is 6.62. The number of rotatable bonds is 3. The second-order valence-electron chi connectivity index (χ2n) is 7.49. The van der Waals surface area contributed by atoms with Crippen LogP contribution in [0.4, 0.5) is 17.6 Å². The fraction of sp³-hybridized carbons (Fsp3) is 0.857. The lowest BCUT2D eigenvalue weighted by Crippen LogP contribution is -2.53. The summed E-state index contributed by atoms with van der Waals surface area (Å²) in [4.78, 5) is 0. The lowest BCUT2D eigenvalue weighted by Gasteiger charge is -2.41. The van der Waals surface area contributed by atoms with Crippen LogP contribution in [0.5, 0.6) is 0 Å². The molecule has 0 aliphatic heterocycles. The Labute approximate surface area is 125 Å². The van der Waals surface area contributed by atoms with Crippen LogP contribution >= 0.6 is 0 Å². The van der Waals surface area contributed by atoms with Crippen LogP contribution in [-0.2, 0) is 10.1 Å². The standard InChI is InChI=1S/C14H16F4O3S/c15-13(16,14(17,18)22(19,20)21)8-1-2-9-10(5-8)12-4-3-11(9,6-12)7-12/h3-4,8-10H,1-2,5-7H2,(H,19,20,21). The molecule has 3 unspecified atom stereocenters. The molecule has 6 aliphatic rings. The molecule has 4 fully saturated rings. The topological polar surface area (TPSA) is 54.4 Å². The van der Waals surface area contributed by atoms with Crippen molar-refractivity contribution in [1.29, 1.82) is 0 Å². The highest BCUT2D eigenvalue weighted by molar-refractivity contribution is 7.87. The van der Waals surface area contributed by atoms with Gasteiger partial charge in [-0.25, -0.2) is 0 Å². The van der Waals surface area contributed by atoms with Crippen molar-refractivity contribution in [2.45, 2.75) is 43.3 Å². The van der Waals surface area contributed by atoms with Gasteiger partial charge in [-0.05, 0) is 54.8 Å². The molecule has 4 saturated carbocycles. The van der Waals surface area contributed by atoms with E-state index in [0.29, 0.717) is 6.42 Å². The van der Waals surface area contributed by atoms with Gasteiger partial charge in [0.25, 0.3) is 0 Å². The highest BCUT2D eigenvalue weighted by Gasteiger charge is 2.76. The van der Waals surface area contributed by atoms with Crippen LogP contribution in [0.2, 0.25) is 0 Å². The Hall–Kier alpha value is -0.630. The summed E-state index contributed by atoms with van der Waals surface area (Å²) >= 11 is 0. The van der Waals surface area contributed by atoms with Gasteiger partial charge in [-0.3, -0.25) is 4.55 Å². The Morgan fingerprint density at radius 3 is 2.09 bits per heavy atom.